The normalized spacial score (nSPS) is 13.4. The molecule has 3 aromatic heterocycles. The highest BCUT2D eigenvalue weighted by Gasteiger charge is 2.24. The Morgan fingerprint density at radius 2 is 1.93 bits per heavy atom. The molecule has 0 bridgehead atoms. The summed E-state index contributed by atoms with van der Waals surface area (Å²) < 4.78 is 34.4. The number of aryl methyl sites for hydroxylation is 1. The number of rotatable bonds is 6. The fourth-order valence-electron chi connectivity index (χ4n) is 3.01. The van der Waals surface area contributed by atoms with Gasteiger partial charge in [0.15, 0.2) is 11.4 Å². The molecule has 0 saturated heterocycles. The van der Waals surface area contributed by atoms with Crippen molar-refractivity contribution < 1.29 is 17.9 Å². The number of hydrogen-bond acceptors (Lipinski definition) is 7. The summed E-state index contributed by atoms with van der Waals surface area (Å²) in [5.74, 6) is 0.534. The summed E-state index contributed by atoms with van der Waals surface area (Å²) in [6, 6.07) is 10.00. The number of hydrogen-bond donors (Lipinski definition) is 2. The predicted octanol–water partition coefficient (Wildman–Crippen LogP) is 1.90. The van der Waals surface area contributed by atoms with Crippen LogP contribution in [0, 0.1) is 6.92 Å². The SMILES string of the molecule is CC[C@@H](CO)NS(=O)(=O)c1ccc(-c2nnc3c4ccccc4c(C)nn23)o1. The summed E-state index contributed by atoms with van der Waals surface area (Å²) in [7, 11) is -3.90. The van der Waals surface area contributed by atoms with E-state index in [0.29, 0.717) is 17.9 Å². The van der Waals surface area contributed by atoms with E-state index in [1.165, 1.54) is 12.1 Å². The van der Waals surface area contributed by atoms with Crippen molar-refractivity contribution in [2.24, 2.45) is 0 Å². The molecule has 2 N–H and O–H groups in total. The number of fused-ring (bicyclic) bond motifs is 3. The van der Waals surface area contributed by atoms with Gasteiger partial charge in [0.25, 0.3) is 10.0 Å². The second-order valence-corrected chi connectivity index (χ2v) is 8.06. The Hall–Kier alpha value is -2.82. The standard InChI is InChI=1S/C18H19N5O4S/c1-3-12(10-24)22-28(25,26)16-9-8-15(27-16)18-20-19-17-14-7-5-4-6-13(14)11(2)21-23(17)18/h4-9,12,22,24H,3,10H2,1-2H3/t12-/m0/s1. The molecule has 1 atom stereocenters. The van der Waals surface area contributed by atoms with Gasteiger partial charge in [-0.3, -0.25) is 0 Å². The van der Waals surface area contributed by atoms with E-state index < -0.39 is 16.1 Å². The summed E-state index contributed by atoms with van der Waals surface area (Å²) in [6.45, 7) is 3.36. The molecule has 1 aromatic carbocycles. The maximum atomic E-state index is 12.5. The average Bonchev–Trinajstić information content (AvgIpc) is 3.34. The lowest BCUT2D eigenvalue weighted by Crippen LogP contribution is -2.36. The van der Waals surface area contributed by atoms with E-state index in [0.717, 1.165) is 16.5 Å². The maximum absolute atomic E-state index is 12.5. The molecule has 28 heavy (non-hydrogen) atoms. The second kappa shape index (κ2) is 6.97. The van der Waals surface area contributed by atoms with E-state index in [1.807, 2.05) is 31.2 Å². The highest BCUT2D eigenvalue weighted by molar-refractivity contribution is 7.89. The van der Waals surface area contributed by atoms with Crippen LogP contribution in [0.15, 0.2) is 45.9 Å². The molecule has 0 aliphatic carbocycles. The van der Waals surface area contributed by atoms with E-state index in [1.54, 1.807) is 11.4 Å². The summed E-state index contributed by atoms with van der Waals surface area (Å²) in [5.41, 5.74) is 1.35. The number of benzene rings is 1. The van der Waals surface area contributed by atoms with Crippen LogP contribution < -0.4 is 4.72 Å². The number of sulfonamides is 1. The fourth-order valence-corrected chi connectivity index (χ4v) is 4.25. The third kappa shape index (κ3) is 3.05. The molecule has 0 aliphatic heterocycles. The van der Waals surface area contributed by atoms with Gasteiger partial charge in [-0.1, -0.05) is 31.2 Å². The number of aliphatic hydroxyl groups excluding tert-OH is 1. The fraction of sp³-hybridized carbons (Fsp3) is 0.278. The lowest BCUT2D eigenvalue weighted by Gasteiger charge is -2.12. The minimum Gasteiger partial charge on any atom is -0.440 e. The molecular weight excluding hydrogens is 382 g/mol. The average molecular weight is 401 g/mol. The molecule has 0 spiro atoms. The zero-order valence-corrected chi connectivity index (χ0v) is 16.1. The lowest BCUT2D eigenvalue weighted by atomic mass is 10.1. The molecule has 0 amide bonds. The smallest absolute Gasteiger partial charge is 0.274 e. The van der Waals surface area contributed by atoms with Gasteiger partial charge in [0.2, 0.25) is 10.9 Å². The van der Waals surface area contributed by atoms with Crippen molar-refractivity contribution in [2.75, 3.05) is 6.61 Å². The molecule has 9 nitrogen and oxygen atoms in total. The van der Waals surface area contributed by atoms with Gasteiger partial charge >= 0.3 is 0 Å². The van der Waals surface area contributed by atoms with Crippen LogP contribution in [0.4, 0.5) is 0 Å². The second-order valence-electron chi connectivity index (χ2n) is 6.42. The summed E-state index contributed by atoms with van der Waals surface area (Å²) in [5, 5.41) is 23.7. The van der Waals surface area contributed by atoms with E-state index in [-0.39, 0.29) is 17.5 Å². The van der Waals surface area contributed by atoms with Crippen LogP contribution in [0.5, 0.6) is 0 Å². The first-order valence-electron chi connectivity index (χ1n) is 8.78. The molecule has 0 fully saturated rings. The first kappa shape index (κ1) is 18.5. The van der Waals surface area contributed by atoms with E-state index in [4.69, 9.17) is 4.42 Å². The Kier molecular flexibility index (Phi) is 4.61. The molecule has 3 heterocycles. The minimum atomic E-state index is -3.90. The Morgan fingerprint density at radius 3 is 2.64 bits per heavy atom. The molecule has 0 saturated carbocycles. The third-order valence-corrected chi connectivity index (χ3v) is 5.94. The van der Waals surface area contributed by atoms with E-state index in [2.05, 4.69) is 20.0 Å². The van der Waals surface area contributed by atoms with Gasteiger partial charge in [-0.15, -0.1) is 10.2 Å². The largest absolute Gasteiger partial charge is 0.440 e. The molecule has 4 rings (SSSR count). The zero-order chi connectivity index (χ0) is 19.9. The van der Waals surface area contributed by atoms with Crippen molar-refractivity contribution >= 4 is 26.4 Å². The van der Waals surface area contributed by atoms with Crippen molar-refractivity contribution in [1.82, 2.24) is 24.5 Å². The summed E-state index contributed by atoms with van der Waals surface area (Å²) >= 11 is 0. The predicted molar refractivity (Wildman–Crippen MR) is 102 cm³/mol. The molecular formula is C18H19N5O4S. The number of nitrogens with one attached hydrogen (secondary N) is 1. The monoisotopic (exact) mass is 401 g/mol. The number of furan rings is 1. The first-order valence-corrected chi connectivity index (χ1v) is 10.3. The van der Waals surface area contributed by atoms with E-state index >= 15 is 0 Å². The Balaban J connectivity index is 1.78. The van der Waals surface area contributed by atoms with Crippen molar-refractivity contribution in [3.8, 4) is 11.6 Å². The van der Waals surface area contributed by atoms with Crippen LogP contribution in [0.2, 0.25) is 0 Å². The van der Waals surface area contributed by atoms with Gasteiger partial charge in [-0.25, -0.2) is 13.1 Å². The van der Waals surface area contributed by atoms with E-state index in [9.17, 15) is 13.5 Å². The summed E-state index contributed by atoms with van der Waals surface area (Å²) in [4.78, 5) is 0. The Morgan fingerprint density at radius 1 is 1.18 bits per heavy atom. The zero-order valence-electron chi connectivity index (χ0n) is 15.3. The quantitative estimate of drug-likeness (QED) is 0.506. The first-order chi connectivity index (χ1) is 13.4. The van der Waals surface area contributed by atoms with Crippen molar-refractivity contribution in [3.63, 3.8) is 0 Å². The Labute approximate surface area is 161 Å². The van der Waals surface area contributed by atoms with Crippen LogP contribution in [0.25, 0.3) is 28.0 Å². The third-order valence-electron chi connectivity index (χ3n) is 4.55. The maximum Gasteiger partial charge on any atom is 0.274 e. The van der Waals surface area contributed by atoms with Gasteiger partial charge in [0, 0.05) is 16.8 Å². The molecule has 4 aromatic rings. The highest BCUT2D eigenvalue weighted by Crippen LogP contribution is 2.27. The molecule has 146 valence electrons. The van der Waals surface area contributed by atoms with Crippen molar-refractivity contribution in [1.29, 1.82) is 0 Å². The topological polar surface area (TPSA) is 123 Å². The van der Waals surface area contributed by atoms with Gasteiger partial charge in [-0.2, -0.15) is 9.61 Å². The van der Waals surface area contributed by atoms with Crippen LogP contribution >= 0.6 is 0 Å². The highest BCUT2D eigenvalue weighted by atomic mass is 32.2. The number of aromatic nitrogens is 4. The van der Waals surface area contributed by atoms with Gasteiger partial charge < -0.3 is 9.52 Å². The lowest BCUT2D eigenvalue weighted by molar-refractivity contribution is 0.253. The molecule has 0 aliphatic rings. The van der Waals surface area contributed by atoms with Crippen LogP contribution in [0.1, 0.15) is 19.0 Å². The van der Waals surface area contributed by atoms with Gasteiger partial charge in [-0.05, 0) is 25.5 Å². The van der Waals surface area contributed by atoms with Crippen molar-refractivity contribution in [3.05, 3.63) is 42.1 Å². The van der Waals surface area contributed by atoms with Crippen LogP contribution in [0.3, 0.4) is 0 Å². The van der Waals surface area contributed by atoms with Crippen molar-refractivity contribution in [2.45, 2.75) is 31.4 Å². The van der Waals surface area contributed by atoms with Gasteiger partial charge in [0.1, 0.15) is 0 Å². The van der Waals surface area contributed by atoms with Gasteiger partial charge in [0.05, 0.1) is 12.3 Å². The molecule has 10 heteroatoms. The molecule has 0 radical (unpaired) electrons. The van der Waals surface area contributed by atoms with Crippen LogP contribution in [-0.2, 0) is 10.0 Å². The Bertz CT molecular complexity index is 1260. The minimum absolute atomic E-state index is 0.229. The number of nitrogens with zero attached hydrogens (tertiary/aromatic N) is 4. The number of aliphatic hydroxyl groups is 1. The summed E-state index contributed by atoms with van der Waals surface area (Å²) in [6.07, 6.45) is 0.453. The molecule has 0 unspecified atom stereocenters. The van der Waals surface area contributed by atoms with Crippen LogP contribution in [-0.4, -0.2) is 46.0 Å².